The van der Waals surface area contributed by atoms with Crippen molar-refractivity contribution < 1.29 is 0 Å². The van der Waals surface area contributed by atoms with Crippen molar-refractivity contribution in [3.8, 4) is 5.40 Å². The molecule has 1 aromatic heterocycles. The van der Waals surface area contributed by atoms with Gasteiger partial charge in [0.25, 0.3) is 0 Å². The first kappa shape index (κ1) is 7.32. The number of thioether (sulfide) groups is 1. The average molecular weight is 172 g/mol. The van der Waals surface area contributed by atoms with Crippen LogP contribution in [0.4, 0.5) is 0 Å². The molecular formula is C5H2ClN3S. The van der Waals surface area contributed by atoms with Crippen LogP contribution in [0.2, 0.25) is 5.28 Å². The lowest BCUT2D eigenvalue weighted by atomic mass is 10.7. The molecule has 0 unspecified atom stereocenters. The molecule has 3 nitrogen and oxygen atoms in total. The summed E-state index contributed by atoms with van der Waals surface area (Å²) in [5.74, 6) is 0. The largest absolute Gasteiger partial charge is 0.226 e. The number of nitrogens with zero attached hydrogens (tertiary/aromatic N) is 3. The molecule has 0 amide bonds. The summed E-state index contributed by atoms with van der Waals surface area (Å²) in [4.78, 5) is 7.41. The maximum absolute atomic E-state index is 8.22. The highest BCUT2D eigenvalue weighted by Gasteiger charge is 1.94. The SMILES string of the molecule is N#CSc1ccnc(Cl)n1. The Hall–Kier alpha value is -0.790. The Morgan fingerprint density at radius 2 is 2.50 bits per heavy atom. The van der Waals surface area contributed by atoms with E-state index in [0.717, 1.165) is 11.8 Å². The van der Waals surface area contributed by atoms with Crippen LogP contribution in [0.1, 0.15) is 0 Å². The van der Waals surface area contributed by atoms with Crippen molar-refractivity contribution in [3.63, 3.8) is 0 Å². The van der Waals surface area contributed by atoms with Crippen molar-refractivity contribution in [3.05, 3.63) is 17.5 Å². The van der Waals surface area contributed by atoms with E-state index in [1.165, 1.54) is 6.20 Å². The minimum atomic E-state index is 0.167. The second-order valence-corrected chi connectivity index (χ2v) is 2.50. The van der Waals surface area contributed by atoms with Gasteiger partial charge in [-0.2, -0.15) is 5.26 Å². The third-order valence-corrected chi connectivity index (χ3v) is 1.46. The van der Waals surface area contributed by atoms with Crippen LogP contribution in [-0.4, -0.2) is 9.97 Å². The number of hydrogen-bond acceptors (Lipinski definition) is 4. The standard InChI is InChI=1S/C5H2ClN3S/c6-5-8-2-1-4(9-5)10-3-7/h1-2H. The quantitative estimate of drug-likeness (QED) is 0.279. The van der Waals surface area contributed by atoms with Gasteiger partial charge in [-0.1, -0.05) is 0 Å². The van der Waals surface area contributed by atoms with Gasteiger partial charge in [-0.05, 0) is 17.7 Å². The van der Waals surface area contributed by atoms with E-state index in [2.05, 4.69) is 9.97 Å². The Bertz CT molecular complexity index is 270. The van der Waals surface area contributed by atoms with E-state index in [0.29, 0.717) is 5.03 Å². The molecule has 10 heavy (non-hydrogen) atoms. The Balaban J connectivity index is 2.87. The third-order valence-electron chi connectivity index (χ3n) is 0.751. The number of nitriles is 1. The highest BCUT2D eigenvalue weighted by Crippen LogP contribution is 2.13. The van der Waals surface area contributed by atoms with Gasteiger partial charge in [0, 0.05) is 18.0 Å². The second-order valence-electron chi connectivity index (χ2n) is 1.36. The molecule has 5 heteroatoms. The summed E-state index contributed by atoms with van der Waals surface area (Å²) in [6.07, 6.45) is 1.51. The molecule has 50 valence electrons. The van der Waals surface area contributed by atoms with Crippen LogP contribution >= 0.6 is 23.4 Å². The molecule has 0 fully saturated rings. The van der Waals surface area contributed by atoms with E-state index in [1.54, 1.807) is 6.07 Å². The first-order chi connectivity index (χ1) is 4.83. The van der Waals surface area contributed by atoms with Gasteiger partial charge in [-0.3, -0.25) is 0 Å². The van der Waals surface area contributed by atoms with Gasteiger partial charge in [-0.25, -0.2) is 9.97 Å². The van der Waals surface area contributed by atoms with E-state index >= 15 is 0 Å². The molecular weight excluding hydrogens is 170 g/mol. The Morgan fingerprint density at radius 3 is 3.10 bits per heavy atom. The monoisotopic (exact) mass is 171 g/mol. The van der Waals surface area contributed by atoms with Crippen molar-refractivity contribution in [2.24, 2.45) is 0 Å². The van der Waals surface area contributed by atoms with E-state index in [-0.39, 0.29) is 5.28 Å². The molecule has 0 aromatic carbocycles. The lowest BCUT2D eigenvalue weighted by Crippen LogP contribution is -1.81. The molecule has 0 spiro atoms. The van der Waals surface area contributed by atoms with Gasteiger partial charge in [0.15, 0.2) is 0 Å². The number of hydrogen-bond donors (Lipinski definition) is 0. The molecule has 1 rings (SSSR count). The molecule has 0 bridgehead atoms. The van der Waals surface area contributed by atoms with E-state index in [1.807, 2.05) is 5.40 Å². The molecule has 0 aliphatic carbocycles. The van der Waals surface area contributed by atoms with Gasteiger partial charge in [-0.15, -0.1) is 0 Å². The first-order valence-corrected chi connectivity index (χ1v) is 3.57. The highest BCUT2D eigenvalue weighted by molar-refractivity contribution is 8.03. The van der Waals surface area contributed by atoms with E-state index < -0.39 is 0 Å². The second kappa shape index (κ2) is 3.40. The zero-order valence-electron chi connectivity index (χ0n) is 4.78. The van der Waals surface area contributed by atoms with Crippen LogP contribution in [-0.2, 0) is 0 Å². The van der Waals surface area contributed by atoms with Crippen molar-refractivity contribution in [1.29, 1.82) is 5.26 Å². The maximum atomic E-state index is 8.22. The van der Waals surface area contributed by atoms with Crippen molar-refractivity contribution in [1.82, 2.24) is 9.97 Å². The first-order valence-electron chi connectivity index (χ1n) is 2.37. The molecule has 0 aliphatic heterocycles. The zero-order valence-corrected chi connectivity index (χ0v) is 6.35. The summed E-state index contributed by atoms with van der Waals surface area (Å²) in [5, 5.41) is 10.8. The summed E-state index contributed by atoms with van der Waals surface area (Å²) >= 11 is 6.40. The van der Waals surface area contributed by atoms with Crippen LogP contribution in [0.15, 0.2) is 17.3 Å². The predicted octanol–water partition coefficient (Wildman–Crippen LogP) is 1.70. The van der Waals surface area contributed by atoms with E-state index in [4.69, 9.17) is 16.9 Å². The lowest BCUT2D eigenvalue weighted by Gasteiger charge is -1.89. The number of aromatic nitrogens is 2. The molecule has 1 heterocycles. The number of halogens is 1. The van der Waals surface area contributed by atoms with Gasteiger partial charge < -0.3 is 0 Å². The van der Waals surface area contributed by atoms with Crippen LogP contribution in [0.25, 0.3) is 0 Å². The Morgan fingerprint density at radius 1 is 1.70 bits per heavy atom. The molecule has 0 N–H and O–H groups in total. The van der Waals surface area contributed by atoms with Gasteiger partial charge in [0.2, 0.25) is 5.28 Å². The summed E-state index contributed by atoms with van der Waals surface area (Å²) < 4.78 is 0. The summed E-state index contributed by atoms with van der Waals surface area (Å²) in [6, 6.07) is 1.62. The zero-order chi connectivity index (χ0) is 7.40. The van der Waals surface area contributed by atoms with Crippen molar-refractivity contribution in [2.45, 2.75) is 5.03 Å². The number of rotatable bonds is 1. The van der Waals surface area contributed by atoms with Crippen molar-refractivity contribution in [2.75, 3.05) is 0 Å². The minimum absolute atomic E-state index is 0.167. The lowest BCUT2D eigenvalue weighted by molar-refractivity contribution is 1.05. The fourth-order valence-electron chi connectivity index (χ4n) is 0.423. The van der Waals surface area contributed by atoms with Crippen LogP contribution < -0.4 is 0 Å². The fraction of sp³-hybridized carbons (Fsp3) is 0. The normalized spacial score (nSPS) is 8.80. The molecule has 0 radical (unpaired) electrons. The molecule has 0 saturated carbocycles. The Kier molecular flexibility index (Phi) is 2.49. The number of thiocyanates is 1. The minimum Gasteiger partial charge on any atom is -0.226 e. The smallest absolute Gasteiger partial charge is 0.223 e. The van der Waals surface area contributed by atoms with Crippen LogP contribution in [0, 0.1) is 10.7 Å². The van der Waals surface area contributed by atoms with Crippen LogP contribution in [0.3, 0.4) is 0 Å². The molecule has 0 saturated heterocycles. The molecule has 0 atom stereocenters. The summed E-state index contributed by atoms with van der Waals surface area (Å²) in [7, 11) is 0. The average Bonchev–Trinajstić information content (AvgIpc) is 1.88. The Labute approximate surface area is 67.1 Å². The topological polar surface area (TPSA) is 49.6 Å². The highest BCUT2D eigenvalue weighted by atomic mass is 35.5. The van der Waals surface area contributed by atoms with Crippen molar-refractivity contribution >= 4 is 23.4 Å². The fourth-order valence-corrected chi connectivity index (χ4v) is 0.975. The van der Waals surface area contributed by atoms with Gasteiger partial charge >= 0.3 is 0 Å². The molecule has 0 aliphatic rings. The van der Waals surface area contributed by atoms with Crippen LogP contribution in [0.5, 0.6) is 0 Å². The molecule has 1 aromatic rings. The maximum Gasteiger partial charge on any atom is 0.223 e. The third kappa shape index (κ3) is 1.87. The summed E-state index contributed by atoms with van der Waals surface area (Å²) in [6.45, 7) is 0. The summed E-state index contributed by atoms with van der Waals surface area (Å²) in [5.41, 5.74) is 0. The van der Waals surface area contributed by atoms with E-state index in [9.17, 15) is 0 Å². The van der Waals surface area contributed by atoms with Gasteiger partial charge in [0.1, 0.15) is 10.4 Å². The van der Waals surface area contributed by atoms with Gasteiger partial charge in [0.05, 0.1) is 0 Å². The predicted molar refractivity (Wildman–Crippen MR) is 38.5 cm³/mol.